The van der Waals surface area contributed by atoms with Crippen LogP contribution in [0.25, 0.3) is 0 Å². The number of ketones is 1. The van der Waals surface area contributed by atoms with Crippen LogP contribution in [0.15, 0.2) is 0 Å². The first-order valence-corrected chi connectivity index (χ1v) is 6.21. The van der Waals surface area contributed by atoms with E-state index >= 15 is 0 Å². The summed E-state index contributed by atoms with van der Waals surface area (Å²) >= 11 is 1.89. The van der Waals surface area contributed by atoms with Crippen molar-refractivity contribution in [2.75, 3.05) is 0 Å². The molecule has 1 aliphatic rings. The van der Waals surface area contributed by atoms with Gasteiger partial charge >= 0.3 is 6.18 Å². The largest absolute Gasteiger partial charge is 0.393 e. The number of hydrogen-bond donors (Lipinski definition) is 0. The highest BCUT2D eigenvalue weighted by atomic mass is 127. The minimum absolute atomic E-state index is 0.0333. The van der Waals surface area contributed by atoms with Crippen LogP contribution < -0.4 is 0 Å². The standard InChI is InChI=1S/C10H10F3IN2O/c1-5(17)8-7-3-2-6(10(11,12)13)4-16(7)15-9(8)14/h6H,2-4H2,1H3. The molecule has 0 saturated heterocycles. The van der Waals surface area contributed by atoms with Gasteiger partial charge in [-0.3, -0.25) is 9.48 Å². The van der Waals surface area contributed by atoms with Crippen LogP contribution in [0.1, 0.15) is 29.4 Å². The maximum Gasteiger partial charge on any atom is 0.393 e. The van der Waals surface area contributed by atoms with E-state index in [4.69, 9.17) is 0 Å². The molecule has 2 heterocycles. The highest BCUT2D eigenvalue weighted by Crippen LogP contribution is 2.35. The molecule has 1 aliphatic heterocycles. The number of Topliss-reactive ketones (excluding diaryl/α,β-unsaturated/α-hetero) is 1. The van der Waals surface area contributed by atoms with Crippen LogP contribution in [0.3, 0.4) is 0 Å². The number of alkyl halides is 3. The summed E-state index contributed by atoms with van der Waals surface area (Å²) in [6.45, 7) is 1.23. The van der Waals surface area contributed by atoms with Crippen molar-refractivity contribution in [2.45, 2.75) is 32.5 Å². The second kappa shape index (κ2) is 4.25. The summed E-state index contributed by atoms with van der Waals surface area (Å²) in [5, 5.41) is 4.02. The van der Waals surface area contributed by atoms with Crippen molar-refractivity contribution >= 4 is 28.4 Å². The van der Waals surface area contributed by atoms with E-state index in [2.05, 4.69) is 5.10 Å². The highest BCUT2D eigenvalue weighted by molar-refractivity contribution is 14.1. The third-order valence-corrected chi connectivity index (χ3v) is 3.71. The quantitative estimate of drug-likeness (QED) is 0.572. The average Bonchev–Trinajstić information content (AvgIpc) is 2.50. The van der Waals surface area contributed by atoms with Gasteiger partial charge in [-0.25, -0.2) is 0 Å². The SMILES string of the molecule is CC(=O)c1c(I)nn2c1CCC(C(F)(F)F)C2. The zero-order valence-electron chi connectivity index (χ0n) is 9.01. The molecular formula is C10H10F3IN2O. The monoisotopic (exact) mass is 358 g/mol. The van der Waals surface area contributed by atoms with Gasteiger partial charge in [-0.05, 0) is 42.4 Å². The van der Waals surface area contributed by atoms with E-state index in [1.807, 2.05) is 22.6 Å². The van der Waals surface area contributed by atoms with Crippen molar-refractivity contribution in [1.82, 2.24) is 9.78 Å². The van der Waals surface area contributed by atoms with Crippen molar-refractivity contribution in [3.63, 3.8) is 0 Å². The molecule has 1 aromatic heterocycles. The molecule has 0 spiro atoms. The topological polar surface area (TPSA) is 34.9 Å². The average molecular weight is 358 g/mol. The lowest BCUT2D eigenvalue weighted by Gasteiger charge is -2.25. The number of carbonyl (C=O) groups is 1. The Morgan fingerprint density at radius 2 is 2.18 bits per heavy atom. The molecule has 7 heteroatoms. The molecule has 1 unspecified atom stereocenters. The second-order valence-electron chi connectivity index (χ2n) is 4.13. The van der Waals surface area contributed by atoms with Crippen LogP contribution in [-0.2, 0) is 13.0 Å². The number of hydrogen-bond acceptors (Lipinski definition) is 2. The van der Waals surface area contributed by atoms with Gasteiger partial charge in [-0.2, -0.15) is 18.3 Å². The molecule has 2 rings (SSSR count). The van der Waals surface area contributed by atoms with Gasteiger partial charge in [0.25, 0.3) is 0 Å². The van der Waals surface area contributed by atoms with Crippen molar-refractivity contribution in [3.05, 3.63) is 15.0 Å². The van der Waals surface area contributed by atoms with Gasteiger partial charge in [0.15, 0.2) is 5.78 Å². The molecule has 0 aliphatic carbocycles. The molecule has 0 radical (unpaired) electrons. The summed E-state index contributed by atoms with van der Waals surface area (Å²) in [6.07, 6.45) is -3.90. The Kier molecular flexibility index (Phi) is 3.21. The molecule has 3 nitrogen and oxygen atoms in total. The first kappa shape index (κ1) is 12.8. The maximum absolute atomic E-state index is 12.6. The predicted molar refractivity (Wildman–Crippen MR) is 62.8 cm³/mol. The van der Waals surface area contributed by atoms with Gasteiger partial charge in [-0.15, -0.1) is 0 Å². The molecule has 0 aromatic carbocycles. The summed E-state index contributed by atoms with van der Waals surface area (Å²) in [4.78, 5) is 11.4. The first-order chi connectivity index (χ1) is 7.80. The third kappa shape index (κ3) is 2.34. The van der Waals surface area contributed by atoms with Crippen LogP contribution in [0.5, 0.6) is 0 Å². The summed E-state index contributed by atoms with van der Waals surface area (Å²) in [7, 11) is 0. The number of carbonyl (C=O) groups excluding carboxylic acids is 1. The van der Waals surface area contributed by atoms with Gasteiger partial charge < -0.3 is 0 Å². The predicted octanol–water partition coefficient (Wildman–Crippen LogP) is 2.82. The Morgan fingerprint density at radius 3 is 2.71 bits per heavy atom. The Balaban J connectivity index is 2.35. The fourth-order valence-corrected chi connectivity index (χ4v) is 3.05. The fraction of sp³-hybridized carbons (Fsp3) is 0.600. The summed E-state index contributed by atoms with van der Waals surface area (Å²) in [5.74, 6) is -1.49. The number of halogens is 4. The van der Waals surface area contributed by atoms with E-state index in [0.29, 0.717) is 15.0 Å². The minimum Gasteiger partial charge on any atom is -0.294 e. The fourth-order valence-electron chi connectivity index (χ4n) is 2.10. The maximum atomic E-state index is 12.6. The van der Waals surface area contributed by atoms with E-state index in [-0.39, 0.29) is 25.2 Å². The molecule has 0 saturated carbocycles. The Bertz CT molecular complexity index is 467. The number of aromatic nitrogens is 2. The summed E-state index contributed by atoms with van der Waals surface area (Å²) in [6, 6.07) is 0. The van der Waals surface area contributed by atoms with Crippen molar-refractivity contribution in [1.29, 1.82) is 0 Å². The van der Waals surface area contributed by atoms with Gasteiger partial charge in [0.1, 0.15) is 3.70 Å². The third-order valence-electron chi connectivity index (χ3n) is 2.95. The first-order valence-electron chi connectivity index (χ1n) is 5.13. The number of rotatable bonds is 1. The van der Waals surface area contributed by atoms with Crippen LogP contribution in [0, 0.1) is 9.62 Å². The van der Waals surface area contributed by atoms with Gasteiger partial charge in [0.2, 0.25) is 0 Å². The second-order valence-corrected chi connectivity index (χ2v) is 5.15. The van der Waals surface area contributed by atoms with Gasteiger partial charge in [0.05, 0.1) is 23.7 Å². The normalized spacial score (nSPS) is 20.2. The van der Waals surface area contributed by atoms with Crippen LogP contribution in [0.2, 0.25) is 0 Å². The molecule has 0 amide bonds. The van der Waals surface area contributed by atoms with Gasteiger partial charge in [-0.1, -0.05) is 0 Å². The lowest BCUT2D eigenvalue weighted by molar-refractivity contribution is -0.182. The molecule has 17 heavy (non-hydrogen) atoms. The Hall–Kier alpha value is -0.600. The number of nitrogens with zero attached hydrogens (tertiary/aromatic N) is 2. The lowest BCUT2D eigenvalue weighted by atomic mass is 9.95. The van der Waals surface area contributed by atoms with Crippen molar-refractivity contribution in [2.24, 2.45) is 5.92 Å². The van der Waals surface area contributed by atoms with E-state index in [0.717, 1.165) is 0 Å². The molecule has 94 valence electrons. The van der Waals surface area contributed by atoms with Crippen LogP contribution in [0.4, 0.5) is 13.2 Å². The molecular weight excluding hydrogens is 348 g/mol. The zero-order valence-corrected chi connectivity index (χ0v) is 11.2. The molecule has 0 bridgehead atoms. The van der Waals surface area contributed by atoms with Gasteiger partial charge in [0, 0.05) is 0 Å². The minimum atomic E-state index is -4.19. The summed E-state index contributed by atoms with van der Waals surface area (Å²) < 4.78 is 39.6. The lowest BCUT2D eigenvalue weighted by Crippen LogP contribution is -2.32. The Morgan fingerprint density at radius 1 is 1.53 bits per heavy atom. The number of fused-ring (bicyclic) bond motifs is 1. The van der Waals surface area contributed by atoms with Crippen molar-refractivity contribution < 1.29 is 18.0 Å². The molecule has 0 N–H and O–H groups in total. The van der Waals surface area contributed by atoms with E-state index in [1.54, 1.807) is 0 Å². The van der Waals surface area contributed by atoms with Crippen molar-refractivity contribution in [3.8, 4) is 0 Å². The molecule has 1 atom stereocenters. The molecule has 1 aromatic rings. The van der Waals surface area contributed by atoms with E-state index in [9.17, 15) is 18.0 Å². The zero-order chi connectivity index (χ0) is 12.8. The Labute approximate surface area is 110 Å². The smallest absolute Gasteiger partial charge is 0.294 e. The molecule has 0 fully saturated rings. The van der Waals surface area contributed by atoms with E-state index < -0.39 is 12.1 Å². The van der Waals surface area contributed by atoms with E-state index in [1.165, 1.54) is 11.6 Å². The summed E-state index contributed by atoms with van der Waals surface area (Å²) in [5.41, 5.74) is 1.12. The van der Waals surface area contributed by atoms with Crippen LogP contribution >= 0.6 is 22.6 Å². The van der Waals surface area contributed by atoms with Crippen LogP contribution in [-0.4, -0.2) is 21.7 Å². The highest BCUT2D eigenvalue weighted by Gasteiger charge is 2.42.